The molecule has 37 heavy (non-hydrogen) atoms. The van der Waals surface area contributed by atoms with Crippen LogP contribution in [0.3, 0.4) is 0 Å². The number of hydrogen-bond donors (Lipinski definition) is 0. The standard InChI is InChI=1S/C28H29N3O6/c1-33-28(20-32)26(36-19-23-15-9-4-10-16-23)24(34-17-21-11-5-2-6-12-21)25(27(37-28)30-31-29)35-18-22-13-7-3-8-14-22/h2-16,20,24-27H,17-19H2,1H3/t24?,25?,26-,27+,28?/m0/s1. The number of ether oxygens (including phenoxy) is 5. The highest BCUT2D eigenvalue weighted by atomic mass is 16.7. The predicted molar refractivity (Wildman–Crippen MR) is 135 cm³/mol. The highest BCUT2D eigenvalue weighted by molar-refractivity contribution is 5.62. The van der Waals surface area contributed by atoms with Gasteiger partial charge in [-0.1, -0.05) is 96.1 Å². The van der Waals surface area contributed by atoms with E-state index >= 15 is 0 Å². The Hall–Kier alpha value is -3.56. The Bertz CT molecular complexity index is 1160. The van der Waals surface area contributed by atoms with Crippen LogP contribution in [0.25, 0.3) is 10.4 Å². The fourth-order valence-electron chi connectivity index (χ4n) is 4.20. The lowest BCUT2D eigenvalue weighted by Gasteiger charge is -2.48. The average molecular weight is 504 g/mol. The molecule has 3 aromatic rings. The molecule has 9 heteroatoms. The smallest absolute Gasteiger partial charge is 0.256 e. The van der Waals surface area contributed by atoms with Crippen molar-refractivity contribution >= 4 is 6.29 Å². The largest absolute Gasteiger partial charge is 0.368 e. The molecule has 1 aliphatic rings. The summed E-state index contributed by atoms with van der Waals surface area (Å²) in [6.45, 7) is 0.560. The van der Waals surface area contributed by atoms with Crippen LogP contribution < -0.4 is 0 Å². The second kappa shape index (κ2) is 13.1. The van der Waals surface area contributed by atoms with E-state index in [2.05, 4.69) is 10.0 Å². The minimum Gasteiger partial charge on any atom is -0.368 e. The molecular weight excluding hydrogens is 474 g/mol. The van der Waals surface area contributed by atoms with E-state index in [9.17, 15) is 10.3 Å². The van der Waals surface area contributed by atoms with E-state index in [-0.39, 0.29) is 19.8 Å². The third-order valence-corrected chi connectivity index (χ3v) is 6.10. The van der Waals surface area contributed by atoms with Gasteiger partial charge in [-0.3, -0.25) is 4.79 Å². The molecule has 1 aliphatic heterocycles. The average Bonchev–Trinajstić information content (AvgIpc) is 2.96. The third kappa shape index (κ3) is 6.61. The van der Waals surface area contributed by atoms with Crippen molar-refractivity contribution in [3.05, 3.63) is 118 Å². The second-order valence-corrected chi connectivity index (χ2v) is 8.50. The lowest BCUT2D eigenvalue weighted by Crippen LogP contribution is -2.67. The Kier molecular flexibility index (Phi) is 9.40. The zero-order valence-electron chi connectivity index (χ0n) is 20.5. The second-order valence-electron chi connectivity index (χ2n) is 8.50. The van der Waals surface area contributed by atoms with Crippen LogP contribution in [0.1, 0.15) is 16.7 Å². The first-order valence-corrected chi connectivity index (χ1v) is 11.9. The molecule has 192 valence electrons. The van der Waals surface area contributed by atoms with Crippen molar-refractivity contribution in [2.24, 2.45) is 5.11 Å². The van der Waals surface area contributed by atoms with E-state index < -0.39 is 30.3 Å². The number of carbonyl (C=O) groups excluding carboxylic acids is 1. The Morgan fingerprint density at radius 1 is 0.811 bits per heavy atom. The van der Waals surface area contributed by atoms with E-state index in [1.807, 2.05) is 91.0 Å². The molecule has 1 fully saturated rings. The molecule has 0 aliphatic carbocycles. The molecule has 1 saturated heterocycles. The van der Waals surface area contributed by atoms with Gasteiger partial charge in [-0.2, -0.15) is 0 Å². The molecule has 9 nitrogen and oxygen atoms in total. The van der Waals surface area contributed by atoms with Crippen LogP contribution in [0.5, 0.6) is 0 Å². The number of carbonyl (C=O) groups is 1. The fraction of sp³-hybridized carbons (Fsp3) is 0.321. The van der Waals surface area contributed by atoms with Gasteiger partial charge in [0, 0.05) is 12.0 Å². The number of benzene rings is 3. The zero-order chi connectivity index (χ0) is 25.9. The van der Waals surface area contributed by atoms with E-state index in [1.54, 1.807) is 0 Å². The highest BCUT2D eigenvalue weighted by Gasteiger charge is 2.57. The summed E-state index contributed by atoms with van der Waals surface area (Å²) in [5, 5.41) is 3.79. The Morgan fingerprint density at radius 2 is 1.27 bits per heavy atom. The van der Waals surface area contributed by atoms with Crippen molar-refractivity contribution in [1.82, 2.24) is 0 Å². The zero-order valence-corrected chi connectivity index (χ0v) is 20.5. The van der Waals surface area contributed by atoms with E-state index in [4.69, 9.17) is 23.7 Å². The van der Waals surface area contributed by atoms with Crippen LogP contribution in [-0.4, -0.2) is 43.7 Å². The lowest BCUT2D eigenvalue weighted by molar-refractivity contribution is -0.350. The normalized spacial score (nSPS) is 25.2. The van der Waals surface area contributed by atoms with Crippen LogP contribution in [0.2, 0.25) is 0 Å². The van der Waals surface area contributed by atoms with E-state index in [0.29, 0.717) is 6.29 Å². The number of azide groups is 1. The van der Waals surface area contributed by atoms with Gasteiger partial charge in [-0.25, -0.2) is 0 Å². The Morgan fingerprint density at radius 3 is 1.70 bits per heavy atom. The number of rotatable bonds is 12. The molecule has 4 rings (SSSR count). The van der Waals surface area contributed by atoms with Gasteiger partial charge in [-0.15, -0.1) is 0 Å². The van der Waals surface area contributed by atoms with Crippen molar-refractivity contribution in [1.29, 1.82) is 0 Å². The molecule has 1 heterocycles. The van der Waals surface area contributed by atoms with Crippen molar-refractivity contribution in [2.75, 3.05) is 7.11 Å². The lowest BCUT2D eigenvalue weighted by atomic mass is 9.94. The van der Waals surface area contributed by atoms with Gasteiger partial charge in [-0.05, 0) is 22.2 Å². The monoisotopic (exact) mass is 503 g/mol. The molecule has 3 unspecified atom stereocenters. The van der Waals surface area contributed by atoms with Crippen molar-refractivity contribution < 1.29 is 28.5 Å². The van der Waals surface area contributed by atoms with Crippen molar-refractivity contribution in [3.63, 3.8) is 0 Å². The van der Waals surface area contributed by atoms with Gasteiger partial charge in [0.2, 0.25) is 0 Å². The fourth-order valence-corrected chi connectivity index (χ4v) is 4.20. The maximum absolute atomic E-state index is 12.4. The first kappa shape index (κ1) is 26.5. The first-order valence-electron chi connectivity index (χ1n) is 11.9. The van der Waals surface area contributed by atoms with Crippen LogP contribution in [-0.2, 0) is 48.3 Å². The Balaban J connectivity index is 1.68. The molecule has 0 bridgehead atoms. The van der Waals surface area contributed by atoms with Gasteiger partial charge in [0.15, 0.2) is 12.5 Å². The van der Waals surface area contributed by atoms with Crippen molar-refractivity contribution in [3.8, 4) is 0 Å². The summed E-state index contributed by atoms with van der Waals surface area (Å²) in [7, 11) is 1.33. The SMILES string of the molecule is COC1(C=O)O[C@@H](N=[N+]=[N-])C(OCc2ccccc2)C(OCc2ccccc2)[C@@H]1OCc1ccccc1. The highest BCUT2D eigenvalue weighted by Crippen LogP contribution is 2.37. The minimum absolute atomic E-state index is 0.163. The summed E-state index contributed by atoms with van der Waals surface area (Å²) in [4.78, 5) is 15.4. The minimum atomic E-state index is -1.89. The molecular formula is C28H29N3O6. The summed E-state index contributed by atoms with van der Waals surface area (Å²) < 4.78 is 30.4. The van der Waals surface area contributed by atoms with Crippen LogP contribution >= 0.6 is 0 Å². The summed E-state index contributed by atoms with van der Waals surface area (Å²) in [6.07, 6.45) is -3.53. The van der Waals surface area contributed by atoms with Gasteiger partial charge in [0.05, 0.1) is 19.8 Å². The summed E-state index contributed by atoms with van der Waals surface area (Å²) >= 11 is 0. The maximum Gasteiger partial charge on any atom is 0.256 e. The van der Waals surface area contributed by atoms with Crippen LogP contribution in [0, 0.1) is 0 Å². The maximum atomic E-state index is 12.4. The number of aldehydes is 1. The molecule has 0 amide bonds. The summed E-state index contributed by atoms with van der Waals surface area (Å²) in [5.74, 6) is -1.89. The van der Waals surface area contributed by atoms with Crippen molar-refractivity contribution in [2.45, 2.75) is 50.1 Å². The molecule has 0 N–H and O–H groups in total. The molecule has 5 atom stereocenters. The third-order valence-electron chi connectivity index (χ3n) is 6.10. The van der Waals surface area contributed by atoms with E-state index in [0.717, 1.165) is 16.7 Å². The van der Waals surface area contributed by atoms with Crippen LogP contribution in [0.15, 0.2) is 96.1 Å². The predicted octanol–water partition coefficient (Wildman–Crippen LogP) is 4.95. The van der Waals surface area contributed by atoms with Gasteiger partial charge < -0.3 is 23.7 Å². The first-order chi connectivity index (χ1) is 18.2. The Labute approximate surface area is 215 Å². The summed E-state index contributed by atoms with van der Waals surface area (Å²) in [5.41, 5.74) is 12.0. The summed E-state index contributed by atoms with van der Waals surface area (Å²) in [6, 6.07) is 28.6. The van der Waals surface area contributed by atoms with E-state index in [1.165, 1.54) is 7.11 Å². The topological polar surface area (TPSA) is 112 Å². The number of nitrogens with zero attached hydrogens (tertiary/aromatic N) is 3. The number of hydrogen-bond acceptors (Lipinski definition) is 7. The molecule has 0 radical (unpaired) electrons. The molecule has 3 aromatic carbocycles. The van der Waals surface area contributed by atoms with Gasteiger partial charge in [0.1, 0.15) is 18.3 Å². The quantitative estimate of drug-likeness (QED) is 0.150. The molecule has 0 spiro atoms. The number of methoxy groups -OCH3 is 1. The van der Waals surface area contributed by atoms with Gasteiger partial charge >= 0.3 is 0 Å². The molecule has 0 aromatic heterocycles. The van der Waals surface area contributed by atoms with Crippen LogP contribution in [0.4, 0.5) is 0 Å². The molecule has 0 saturated carbocycles. The van der Waals surface area contributed by atoms with Gasteiger partial charge in [0.25, 0.3) is 5.79 Å².